The molecule has 1 aromatic rings. The van der Waals surface area contributed by atoms with E-state index in [1.165, 1.54) is 11.1 Å². The molecule has 2 saturated heterocycles. The fraction of sp³-hybridized carbons (Fsp3) is 0.632. The number of nitrogens with zero attached hydrogens (tertiary/aromatic N) is 3. The van der Waals surface area contributed by atoms with Crippen molar-refractivity contribution in [3.63, 3.8) is 0 Å². The van der Waals surface area contributed by atoms with Crippen molar-refractivity contribution in [3.05, 3.63) is 35.4 Å². The molecule has 2 fully saturated rings. The fourth-order valence-electron chi connectivity index (χ4n) is 3.44. The molecule has 0 saturated carbocycles. The summed E-state index contributed by atoms with van der Waals surface area (Å²) in [5.41, 5.74) is 2.54. The summed E-state index contributed by atoms with van der Waals surface area (Å²) in [5.74, 6) is 0. The lowest BCUT2D eigenvalue weighted by atomic mass is 10.0. The van der Waals surface area contributed by atoms with Gasteiger partial charge in [-0.25, -0.2) is 4.79 Å². The first-order valence-electron chi connectivity index (χ1n) is 9.23. The second kappa shape index (κ2) is 8.65. The highest BCUT2D eigenvalue weighted by atomic mass is 16.5. The molecule has 3 rings (SSSR count). The SMILES string of the molecule is Cc1ccc(C(CNC(=O)N2CCOCC2)N2CCN(C)CC2)cc1. The van der Waals surface area contributed by atoms with Gasteiger partial charge in [-0.15, -0.1) is 0 Å². The Morgan fingerprint density at radius 1 is 1.08 bits per heavy atom. The number of carbonyl (C=O) groups excluding carboxylic acids is 1. The van der Waals surface area contributed by atoms with Crippen LogP contribution in [0.4, 0.5) is 4.79 Å². The van der Waals surface area contributed by atoms with Crippen LogP contribution in [0, 0.1) is 6.92 Å². The van der Waals surface area contributed by atoms with E-state index in [9.17, 15) is 4.79 Å². The van der Waals surface area contributed by atoms with E-state index in [0.29, 0.717) is 32.8 Å². The number of hydrogen-bond donors (Lipinski definition) is 1. The number of ether oxygens (including phenoxy) is 1. The lowest BCUT2D eigenvalue weighted by molar-refractivity contribution is 0.0520. The monoisotopic (exact) mass is 346 g/mol. The van der Waals surface area contributed by atoms with Gasteiger partial charge in [0.1, 0.15) is 0 Å². The number of morpholine rings is 1. The summed E-state index contributed by atoms with van der Waals surface area (Å²) >= 11 is 0. The van der Waals surface area contributed by atoms with Gasteiger partial charge in [-0.05, 0) is 19.5 Å². The lowest BCUT2D eigenvalue weighted by Gasteiger charge is -2.38. The largest absolute Gasteiger partial charge is 0.378 e. The van der Waals surface area contributed by atoms with E-state index in [1.54, 1.807) is 0 Å². The molecule has 138 valence electrons. The maximum absolute atomic E-state index is 12.5. The summed E-state index contributed by atoms with van der Waals surface area (Å²) in [4.78, 5) is 19.1. The molecule has 1 aromatic carbocycles. The highest BCUT2D eigenvalue weighted by Gasteiger charge is 2.25. The Hall–Kier alpha value is -1.63. The van der Waals surface area contributed by atoms with Crippen LogP contribution in [0.5, 0.6) is 0 Å². The number of likely N-dealkylation sites (N-methyl/N-ethyl adjacent to an activating group) is 1. The minimum atomic E-state index is 0.0227. The van der Waals surface area contributed by atoms with Gasteiger partial charge in [-0.1, -0.05) is 29.8 Å². The molecule has 0 bridgehead atoms. The summed E-state index contributed by atoms with van der Waals surface area (Å²) < 4.78 is 5.33. The molecule has 1 unspecified atom stereocenters. The first-order chi connectivity index (χ1) is 12.1. The van der Waals surface area contributed by atoms with Crippen molar-refractivity contribution in [3.8, 4) is 0 Å². The average molecular weight is 346 g/mol. The number of benzene rings is 1. The van der Waals surface area contributed by atoms with Crippen LogP contribution in [0.15, 0.2) is 24.3 Å². The van der Waals surface area contributed by atoms with Gasteiger partial charge in [0.25, 0.3) is 0 Å². The van der Waals surface area contributed by atoms with Crippen molar-refractivity contribution in [2.45, 2.75) is 13.0 Å². The molecule has 2 aliphatic heterocycles. The smallest absolute Gasteiger partial charge is 0.317 e. The molecule has 0 spiro atoms. The second-order valence-corrected chi connectivity index (χ2v) is 7.05. The molecule has 2 aliphatic rings. The Labute approximate surface area is 150 Å². The number of rotatable bonds is 4. The summed E-state index contributed by atoms with van der Waals surface area (Å²) in [6.45, 7) is 9.56. The van der Waals surface area contributed by atoms with Crippen LogP contribution in [-0.2, 0) is 4.74 Å². The van der Waals surface area contributed by atoms with Crippen LogP contribution in [0.1, 0.15) is 17.2 Å². The maximum Gasteiger partial charge on any atom is 0.317 e. The van der Waals surface area contributed by atoms with E-state index in [4.69, 9.17) is 4.74 Å². The molecule has 25 heavy (non-hydrogen) atoms. The topological polar surface area (TPSA) is 48.1 Å². The fourth-order valence-corrected chi connectivity index (χ4v) is 3.44. The Kier molecular flexibility index (Phi) is 6.29. The third-order valence-corrected chi connectivity index (χ3v) is 5.19. The first-order valence-corrected chi connectivity index (χ1v) is 9.23. The second-order valence-electron chi connectivity index (χ2n) is 7.05. The van der Waals surface area contributed by atoms with Gasteiger partial charge in [-0.3, -0.25) is 4.90 Å². The summed E-state index contributed by atoms with van der Waals surface area (Å²) in [7, 11) is 2.17. The molecular formula is C19H30N4O2. The normalized spacial score (nSPS) is 21.1. The van der Waals surface area contributed by atoms with Crippen molar-refractivity contribution in [2.75, 3.05) is 66.1 Å². The highest BCUT2D eigenvalue weighted by molar-refractivity contribution is 5.74. The number of urea groups is 1. The van der Waals surface area contributed by atoms with E-state index < -0.39 is 0 Å². The standard InChI is InChI=1S/C19H30N4O2/c1-16-3-5-17(6-4-16)18(22-9-7-21(2)8-10-22)15-20-19(24)23-11-13-25-14-12-23/h3-6,18H,7-15H2,1-2H3,(H,20,24). The van der Waals surface area contributed by atoms with Gasteiger partial charge in [0.15, 0.2) is 0 Å². The van der Waals surface area contributed by atoms with Crippen molar-refractivity contribution in [2.24, 2.45) is 0 Å². The van der Waals surface area contributed by atoms with Crippen molar-refractivity contribution in [1.82, 2.24) is 20.0 Å². The highest BCUT2D eigenvalue weighted by Crippen LogP contribution is 2.22. The molecule has 2 amide bonds. The summed E-state index contributed by atoms with van der Waals surface area (Å²) in [5, 5.41) is 3.15. The van der Waals surface area contributed by atoms with Gasteiger partial charge in [0.2, 0.25) is 0 Å². The van der Waals surface area contributed by atoms with Gasteiger partial charge in [-0.2, -0.15) is 0 Å². The van der Waals surface area contributed by atoms with Gasteiger partial charge in [0.05, 0.1) is 19.3 Å². The van der Waals surface area contributed by atoms with Crippen LogP contribution in [-0.4, -0.2) is 86.8 Å². The molecule has 6 nitrogen and oxygen atoms in total. The van der Waals surface area contributed by atoms with E-state index >= 15 is 0 Å². The van der Waals surface area contributed by atoms with Gasteiger partial charge < -0.3 is 19.9 Å². The Morgan fingerprint density at radius 2 is 1.72 bits per heavy atom. The van der Waals surface area contributed by atoms with Crippen molar-refractivity contribution in [1.29, 1.82) is 0 Å². The summed E-state index contributed by atoms with van der Waals surface area (Å²) in [6, 6.07) is 8.94. The number of nitrogens with one attached hydrogen (secondary N) is 1. The third kappa shape index (κ3) is 4.93. The zero-order chi connectivity index (χ0) is 17.6. The number of piperazine rings is 1. The molecule has 0 aromatic heterocycles. The van der Waals surface area contributed by atoms with E-state index in [1.807, 2.05) is 4.90 Å². The van der Waals surface area contributed by atoms with Crippen molar-refractivity contribution >= 4 is 6.03 Å². The third-order valence-electron chi connectivity index (χ3n) is 5.19. The minimum absolute atomic E-state index is 0.0227. The van der Waals surface area contributed by atoms with Crippen LogP contribution < -0.4 is 5.32 Å². The lowest BCUT2D eigenvalue weighted by Crippen LogP contribution is -2.51. The van der Waals surface area contributed by atoms with E-state index in [2.05, 4.69) is 53.4 Å². The van der Waals surface area contributed by atoms with Crippen LogP contribution in [0.25, 0.3) is 0 Å². The quantitative estimate of drug-likeness (QED) is 0.893. The molecule has 1 N–H and O–H groups in total. The average Bonchev–Trinajstić information content (AvgIpc) is 2.65. The number of carbonyl (C=O) groups is 1. The maximum atomic E-state index is 12.5. The van der Waals surface area contributed by atoms with Gasteiger partial charge in [0, 0.05) is 45.8 Å². The Balaban J connectivity index is 1.65. The van der Waals surface area contributed by atoms with Crippen molar-refractivity contribution < 1.29 is 9.53 Å². The first kappa shape index (κ1) is 18.2. The zero-order valence-electron chi connectivity index (χ0n) is 15.4. The predicted molar refractivity (Wildman–Crippen MR) is 98.8 cm³/mol. The van der Waals surface area contributed by atoms with Gasteiger partial charge >= 0.3 is 6.03 Å². The molecule has 0 radical (unpaired) electrons. The van der Waals surface area contributed by atoms with E-state index in [0.717, 1.165) is 26.2 Å². The Bertz CT molecular complexity index is 549. The number of amides is 2. The van der Waals surface area contributed by atoms with Crippen LogP contribution >= 0.6 is 0 Å². The summed E-state index contributed by atoms with van der Waals surface area (Å²) in [6.07, 6.45) is 0. The number of aryl methyl sites for hydroxylation is 1. The molecule has 1 atom stereocenters. The molecule has 2 heterocycles. The van der Waals surface area contributed by atoms with Crippen LogP contribution in [0.3, 0.4) is 0 Å². The van der Waals surface area contributed by atoms with E-state index in [-0.39, 0.29) is 12.1 Å². The molecule has 0 aliphatic carbocycles. The zero-order valence-corrected chi connectivity index (χ0v) is 15.4. The predicted octanol–water partition coefficient (Wildman–Crippen LogP) is 1.33. The minimum Gasteiger partial charge on any atom is -0.378 e. The molecule has 6 heteroatoms. The Morgan fingerprint density at radius 3 is 2.36 bits per heavy atom. The van der Waals surface area contributed by atoms with Crippen LogP contribution in [0.2, 0.25) is 0 Å². The number of hydrogen-bond acceptors (Lipinski definition) is 4. The molecular weight excluding hydrogens is 316 g/mol.